The van der Waals surface area contributed by atoms with Crippen LogP contribution in [0.1, 0.15) is 30.5 Å². The lowest BCUT2D eigenvalue weighted by molar-refractivity contribution is 0.158. The van der Waals surface area contributed by atoms with Crippen LogP contribution in [-0.4, -0.2) is 11.3 Å². The zero-order valence-electron chi connectivity index (χ0n) is 9.79. The van der Waals surface area contributed by atoms with Crippen LogP contribution in [0.15, 0.2) is 12.1 Å². The number of ether oxygens (including phenoxy) is 1. The van der Waals surface area contributed by atoms with Crippen LogP contribution in [-0.2, 0) is 6.54 Å². The van der Waals surface area contributed by atoms with Crippen molar-refractivity contribution in [2.24, 2.45) is 0 Å². The predicted molar refractivity (Wildman–Crippen MR) is 60.3 cm³/mol. The van der Waals surface area contributed by atoms with Crippen LogP contribution < -0.4 is 10.2 Å². The second kappa shape index (κ2) is 5.14. The molecule has 1 aromatic carbocycles. The largest absolute Gasteiger partial charge is 0.490 e. The van der Waals surface area contributed by atoms with E-state index in [1.807, 2.05) is 32.9 Å². The summed E-state index contributed by atoms with van der Waals surface area (Å²) in [7, 11) is 0. The third-order valence-electron chi connectivity index (χ3n) is 2.38. The quantitative estimate of drug-likeness (QED) is 0.749. The van der Waals surface area contributed by atoms with E-state index in [1.165, 1.54) is 5.56 Å². The highest BCUT2D eigenvalue weighted by molar-refractivity contribution is 5.45. The normalized spacial score (nSPS) is 10.8. The number of hydroxylamine groups is 1. The lowest BCUT2D eigenvalue weighted by Crippen LogP contribution is -2.13. The standard InChI is InChI=1S/C12H19NO2/c1-8(2)15-12-10(4)9(3)5-6-11(12)7-13-14/h5-6,8,13-14H,7H2,1-4H3. The van der Waals surface area contributed by atoms with Crippen molar-refractivity contribution in [3.63, 3.8) is 0 Å². The molecule has 0 aliphatic heterocycles. The summed E-state index contributed by atoms with van der Waals surface area (Å²) in [6.45, 7) is 8.49. The topological polar surface area (TPSA) is 41.5 Å². The molecule has 3 nitrogen and oxygen atoms in total. The van der Waals surface area contributed by atoms with Crippen molar-refractivity contribution >= 4 is 0 Å². The van der Waals surface area contributed by atoms with Gasteiger partial charge in [-0.25, -0.2) is 5.48 Å². The molecule has 0 aliphatic rings. The molecule has 0 radical (unpaired) electrons. The molecule has 0 bridgehead atoms. The summed E-state index contributed by atoms with van der Waals surface area (Å²) in [6, 6.07) is 4.01. The van der Waals surface area contributed by atoms with E-state index in [-0.39, 0.29) is 6.10 Å². The van der Waals surface area contributed by atoms with E-state index in [0.29, 0.717) is 6.54 Å². The smallest absolute Gasteiger partial charge is 0.127 e. The Labute approximate surface area is 91.0 Å². The molecule has 0 fully saturated rings. The Morgan fingerprint density at radius 3 is 2.53 bits per heavy atom. The first-order valence-corrected chi connectivity index (χ1v) is 5.19. The lowest BCUT2D eigenvalue weighted by Gasteiger charge is -2.17. The Kier molecular flexibility index (Phi) is 4.12. The number of nitrogens with one attached hydrogen (secondary N) is 1. The molecule has 0 atom stereocenters. The van der Waals surface area contributed by atoms with Crippen molar-refractivity contribution in [1.29, 1.82) is 0 Å². The van der Waals surface area contributed by atoms with Gasteiger partial charge in [-0.15, -0.1) is 0 Å². The van der Waals surface area contributed by atoms with Gasteiger partial charge in [0.25, 0.3) is 0 Å². The van der Waals surface area contributed by atoms with E-state index in [0.717, 1.165) is 16.9 Å². The van der Waals surface area contributed by atoms with Gasteiger partial charge in [0.15, 0.2) is 0 Å². The van der Waals surface area contributed by atoms with Gasteiger partial charge in [0.2, 0.25) is 0 Å². The zero-order valence-corrected chi connectivity index (χ0v) is 9.79. The fraction of sp³-hybridized carbons (Fsp3) is 0.500. The Bertz CT molecular complexity index is 335. The van der Waals surface area contributed by atoms with Crippen LogP contribution in [0.3, 0.4) is 0 Å². The van der Waals surface area contributed by atoms with Gasteiger partial charge in [-0.2, -0.15) is 0 Å². The van der Waals surface area contributed by atoms with Gasteiger partial charge in [-0.3, -0.25) is 0 Å². The molecule has 0 saturated carbocycles. The van der Waals surface area contributed by atoms with E-state index in [1.54, 1.807) is 0 Å². The van der Waals surface area contributed by atoms with Crippen LogP contribution in [0.5, 0.6) is 5.75 Å². The van der Waals surface area contributed by atoms with Gasteiger partial charge in [0.1, 0.15) is 5.75 Å². The fourth-order valence-electron chi connectivity index (χ4n) is 1.47. The molecule has 0 saturated heterocycles. The molecular weight excluding hydrogens is 190 g/mol. The summed E-state index contributed by atoms with van der Waals surface area (Å²) < 4.78 is 5.76. The highest BCUT2D eigenvalue weighted by Gasteiger charge is 2.10. The Morgan fingerprint density at radius 2 is 2.00 bits per heavy atom. The predicted octanol–water partition coefficient (Wildman–Crippen LogP) is 2.57. The maximum atomic E-state index is 8.73. The SMILES string of the molecule is Cc1ccc(CNO)c(OC(C)C)c1C. The molecule has 3 heteroatoms. The summed E-state index contributed by atoms with van der Waals surface area (Å²) in [6.07, 6.45) is 0.142. The van der Waals surface area contributed by atoms with Gasteiger partial charge in [-0.05, 0) is 38.8 Å². The first kappa shape index (κ1) is 12.0. The number of hydrogen-bond acceptors (Lipinski definition) is 3. The average molecular weight is 209 g/mol. The molecular formula is C12H19NO2. The highest BCUT2D eigenvalue weighted by atomic mass is 16.5. The molecule has 0 aliphatic carbocycles. The van der Waals surface area contributed by atoms with E-state index < -0.39 is 0 Å². The first-order valence-electron chi connectivity index (χ1n) is 5.19. The van der Waals surface area contributed by atoms with Crippen molar-refractivity contribution in [2.45, 2.75) is 40.3 Å². The maximum absolute atomic E-state index is 8.73. The van der Waals surface area contributed by atoms with E-state index in [2.05, 4.69) is 12.4 Å². The summed E-state index contributed by atoms with van der Waals surface area (Å²) in [5.74, 6) is 0.881. The minimum atomic E-state index is 0.142. The number of rotatable bonds is 4. The van der Waals surface area contributed by atoms with Gasteiger partial charge in [-0.1, -0.05) is 12.1 Å². The fourth-order valence-corrected chi connectivity index (χ4v) is 1.47. The van der Waals surface area contributed by atoms with Crippen molar-refractivity contribution < 1.29 is 9.94 Å². The Hall–Kier alpha value is -1.06. The number of hydrogen-bond donors (Lipinski definition) is 2. The molecule has 2 N–H and O–H groups in total. The van der Waals surface area contributed by atoms with Crippen LogP contribution in [0.4, 0.5) is 0 Å². The molecule has 0 amide bonds. The minimum absolute atomic E-state index is 0.142. The number of benzene rings is 1. The van der Waals surface area contributed by atoms with Crippen LogP contribution in [0.2, 0.25) is 0 Å². The molecule has 0 unspecified atom stereocenters. The van der Waals surface area contributed by atoms with Gasteiger partial charge in [0, 0.05) is 12.1 Å². The third kappa shape index (κ3) is 2.94. The van der Waals surface area contributed by atoms with Gasteiger partial charge < -0.3 is 9.94 Å². The molecule has 0 aromatic heterocycles. The summed E-state index contributed by atoms with van der Waals surface area (Å²) in [5, 5.41) is 8.73. The first-order chi connectivity index (χ1) is 7.06. The van der Waals surface area contributed by atoms with Crippen LogP contribution in [0.25, 0.3) is 0 Å². The molecule has 0 heterocycles. The highest BCUT2D eigenvalue weighted by Crippen LogP contribution is 2.27. The second-order valence-electron chi connectivity index (χ2n) is 4.00. The average Bonchev–Trinajstić information content (AvgIpc) is 2.17. The van der Waals surface area contributed by atoms with Gasteiger partial charge in [0.05, 0.1) is 6.10 Å². The molecule has 15 heavy (non-hydrogen) atoms. The molecule has 1 rings (SSSR count). The van der Waals surface area contributed by atoms with Crippen LogP contribution >= 0.6 is 0 Å². The lowest BCUT2D eigenvalue weighted by atomic mass is 10.0. The number of aryl methyl sites for hydroxylation is 1. The van der Waals surface area contributed by atoms with E-state index in [9.17, 15) is 0 Å². The van der Waals surface area contributed by atoms with Crippen LogP contribution in [0, 0.1) is 13.8 Å². The molecule has 1 aromatic rings. The third-order valence-corrected chi connectivity index (χ3v) is 2.38. The molecule has 84 valence electrons. The zero-order chi connectivity index (χ0) is 11.4. The van der Waals surface area contributed by atoms with Crippen molar-refractivity contribution in [3.05, 3.63) is 28.8 Å². The van der Waals surface area contributed by atoms with Crippen molar-refractivity contribution in [3.8, 4) is 5.75 Å². The van der Waals surface area contributed by atoms with Crippen molar-refractivity contribution in [2.75, 3.05) is 0 Å². The Balaban J connectivity index is 3.10. The monoisotopic (exact) mass is 209 g/mol. The summed E-state index contributed by atoms with van der Waals surface area (Å²) >= 11 is 0. The van der Waals surface area contributed by atoms with E-state index in [4.69, 9.17) is 9.94 Å². The minimum Gasteiger partial charge on any atom is -0.490 e. The maximum Gasteiger partial charge on any atom is 0.127 e. The summed E-state index contributed by atoms with van der Waals surface area (Å²) in [4.78, 5) is 0. The summed E-state index contributed by atoms with van der Waals surface area (Å²) in [5.41, 5.74) is 5.48. The Morgan fingerprint density at radius 1 is 1.33 bits per heavy atom. The second-order valence-corrected chi connectivity index (χ2v) is 4.00. The van der Waals surface area contributed by atoms with Gasteiger partial charge >= 0.3 is 0 Å². The van der Waals surface area contributed by atoms with E-state index >= 15 is 0 Å². The van der Waals surface area contributed by atoms with Crippen molar-refractivity contribution in [1.82, 2.24) is 5.48 Å². The molecule has 0 spiro atoms.